The largest absolute Gasteiger partial charge is 0.425 e. The first-order chi connectivity index (χ1) is 9.27. The molecule has 0 aromatic carbocycles. The fraction of sp³-hybridized carbons (Fsp3) is 0.867. The Kier molecular flexibility index (Phi) is 2.69. The molecule has 4 heteroatoms. The zero-order valence-corrected chi connectivity index (χ0v) is 11.7. The molecule has 4 aliphatic rings. The second-order valence-electron chi connectivity index (χ2n) is 7.05. The number of nitrogens with zero attached hydrogens (tertiary/aromatic N) is 2. The number of aromatic nitrogens is 2. The maximum Gasteiger partial charge on any atom is 0.222 e. The van der Waals surface area contributed by atoms with E-state index in [2.05, 4.69) is 15.5 Å². The van der Waals surface area contributed by atoms with Gasteiger partial charge in [-0.3, -0.25) is 0 Å². The van der Waals surface area contributed by atoms with Crippen LogP contribution in [-0.4, -0.2) is 23.8 Å². The first-order valence-corrected chi connectivity index (χ1v) is 7.75. The molecule has 0 saturated heterocycles. The molecule has 1 aromatic rings. The summed E-state index contributed by atoms with van der Waals surface area (Å²) in [5, 5.41) is 11.8. The van der Waals surface area contributed by atoms with E-state index in [1.165, 1.54) is 38.5 Å². The third-order valence-corrected chi connectivity index (χ3v) is 5.55. The highest BCUT2D eigenvalue weighted by Gasteiger charge is 2.54. The van der Waals surface area contributed by atoms with Gasteiger partial charge in [-0.15, -0.1) is 10.2 Å². The maximum absolute atomic E-state index is 6.01. The Morgan fingerprint density at radius 3 is 2.32 bits per heavy atom. The number of hydrogen-bond donors (Lipinski definition) is 1. The van der Waals surface area contributed by atoms with Crippen molar-refractivity contribution in [1.82, 2.24) is 15.5 Å². The molecule has 4 nitrogen and oxygen atoms in total. The summed E-state index contributed by atoms with van der Waals surface area (Å²) >= 11 is 0. The quantitative estimate of drug-likeness (QED) is 0.903. The fourth-order valence-electron chi connectivity index (χ4n) is 5.17. The molecule has 4 aliphatic carbocycles. The van der Waals surface area contributed by atoms with E-state index in [1.807, 2.05) is 7.05 Å². The second-order valence-corrected chi connectivity index (χ2v) is 7.05. The molecule has 0 amide bonds. The minimum Gasteiger partial charge on any atom is -0.425 e. The third-order valence-electron chi connectivity index (χ3n) is 5.55. The number of hydrogen-bond acceptors (Lipinski definition) is 4. The lowest BCUT2D eigenvalue weighted by Gasteiger charge is -2.55. The first-order valence-electron chi connectivity index (χ1n) is 7.75. The van der Waals surface area contributed by atoms with Crippen molar-refractivity contribution in [3.63, 3.8) is 0 Å². The van der Waals surface area contributed by atoms with E-state index in [1.54, 1.807) is 0 Å². The molecule has 5 rings (SSSR count). The summed E-state index contributed by atoms with van der Waals surface area (Å²) in [4.78, 5) is 0. The van der Waals surface area contributed by atoms with Gasteiger partial charge in [-0.2, -0.15) is 0 Å². The molecular formula is C15H23N3O. The Morgan fingerprint density at radius 1 is 1.11 bits per heavy atom. The van der Waals surface area contributed by atoms with Crippen molar-refractivity contribution in [3.8, 4) is 0 Å². The van der Waals surface area contributed by atoms with E-state index in [-0.39, 0.29) is 5.41 Å². The van der Waals surface area contributed by atoms with Crippen LogP contribution in [-0.2, 0) is 11.8 Å². The van der Waals surface area contributed by atoms with Crippen molar-refractivity contribution >= 4 is 0 Å². The molecule has 104 valence electrons. The molecule has 0 aliphatic heterocycles. The van der Waals surface area contributed by atoms with E-state index in [9.17, 15) is 0 Å². The van der Waals surface area contributed by atoms with Crippen molar-refractivity contribution in [2.75, 3.05) is 13.6 Å². The first kappa shape index (κ1) is 11.9. The van der Waals surface area contributed by atoms with E-state index >= 15 is 0 Å². The highest BCUT2D eigenvalue weighted by Crippen LogP contribution is 2.60. The van der Waals surface area contributed by atoms with Gasteiger partial charge in [0.05, 0.1) is 0 Å². The molecule has 4 bridgehead atoms. The van der Waals surface area contributed by atoms with Gasteiger partial charge in [-0.1, -0.05) is 0 Å². The van der Waals surface area contributed by atoms with E-state index < -0.39 is 0 Å². The zero-order chi connectivity index (χ0) is 12.9. The average molecular weight is 261 g/mol. The molecule has 0 spiro atoms. The van der Waals surface area contributed by atoms with Crippen molar-refractivity contribution in [3.05, 3.63) is 11.8 Å². The van der Waals surface area contributed by atoms with Crippen LogP contribution in [0.3, 0.4) is 0 Å². The smallest absolute Gasteiger partial charge is 0.222 e. The summed E-state index contributed by atoms with van der Waals surface area (Å²) in [6.07, 6.45) is 9.11. The summed E-state index contributed by atoms with van der Waals surface area (Å²) in [5.74, 6) is 4.55. The van der Waals surface area contributed by atoms with Gasteiger partial charge >= 0.3 is 0 Å². The summed E-state index contributed by atoms with van der Waals surface area (Å²) in [5.41, 5.74) is 0.250. The van der Waals surface area contributed by atoms with Gasteiger partial charge < -0.3 is 9.73 Å². The van der Waals surface area contributed by atoms with Crippen LogP contribution >= 0.6 is 0 Å². The standard InChI is InChI=1S/C15H23N3O/c1-16-3-2-13-17-18-14(19-13)15-7-10-4-11(8-15)6-12(5-10)9-15/h10-12,16H,2-9H2,1H3. The van der Waals surface area contributed by atoms with Crippen molar-refractivity contribution < 1.29 is 4.42 Å². The van der Waals surface area contributed by atoms with Crippen molar-refractivity contribution in [2.24, 2.45) is 17.8 Å². The van der Waals surface area contributed by atoms with Gasteiger partial charge in [0, 0.05) is 18.4 Å². The Bertz CT molecular complexity index is 432. The minimum absolute atomic E-state index is 0.250. The Labute approximate surface area is 114 Å². The lowest BCUT2D eigenvalue weighted by atomic mass is 9.49. The molecular weight excluding hydrogens is 238 g/mol. The van der Waals surface area contributed by atoms with Gasteiger partial charge in [0.25, 0.3) is 0 Å². The van der Waals surface area contributed by atoms with Crippen LogP contribution in [0.25, 0.3) is 0 Å². The SMILES string of the molecule is CNCCc1nnc(C23CC4CC(CC(C4)C2)C3)o1. The lowest BCUT2D eigenvalue weighted by Crippen LogP contribution is -2.48. The van der Waals surface area contributed by atoms with Crippen LogP contribution in [0, 0.1) is 17.8 Å². The van der Waals surface area contributed by atoms with Crippen molar-refractivity contribution in [1.29, 1.82) is 0 Å². The van der Waals surface area contributed by atoms with Crippen LogP contribution in [0.15, 0.2) is 4.42 Å². The summed E-state index contributed by atoms with van der Waals surface area (Å²) in [6.45, 7) is 0.905. The maximum atomic E-state index is 6.01. The Morgan fingerprint density at radius 2 is 1.74 bits per heavy atom. The lowest BCUT2D eigenvalue weighted by molar-refractivity contribution is -0.0182. The molecule has 1 N–H and O–H groups in total. The third kappa shape index (κ3) is 1.92. The normalized spacial score (nSPS) is 39.9. The number of nitrogens with one attached hydrogen (secondary N) is 1. The van der Waals surface area contributed by atoms with Gasteiger partial charge in [-0.25, -0.2) is 0 Å². The van der Waals surface area contributed by atoms with Gasteiger partial charge in [0.1, 0.15) is 0 Å². The molecule has 1 heterocycles. The number of rotatable bonds is 4. The molecule has 0 unspecified atom stereocenters. The second kappa shape index (κ2) is 4.30. The van der Waals surface area contributed by atoms with Crippen LogP contribution in [0.4, 0.5) is 0 Å². The summed E-state index contributed by atoms with van der Waals surface area (Å²) in [6, 6.07) is 0. The Hall–Kier alpha value is -0.900. The van der Waals surface area contributed by atoms with Crippen LogP contribution in [0.2, 0.25) is 0 Å². The molecule has 4 fully saturated rings. The monoisotopic (exact) mass is 261 g/mol. The van der Waals surface area contributed by atoms with Crippen LogP contribution in [0.1, 0.15) is 50.3 Å². The van der Waals surface area contributed by atoms with Crippen LogP contribution in [0.5, 0.6) is 0 Å². The topological polar surface area (TPSA) is 51.0 Å². The molecule has 0 radical (unpaired) electrons. The summed E-state index contributed by atoms with van der Waals surface area (Å²) < 4.78 is 6.01. The van der Waals surface area contributed by atoms with Gasteiger partial charge in [-0.05, 0) is 63.3 Å². The molecule has 1 aromatic heterocycles. The number of likely N-dealkylation sites (N-methyl/N-ethyl adjacent to an activating group) is 1. The molecule has 0 atom stereocenters. The highest BCUT2D eigenvalue weighted by molar-refractivity contribution is 5.14. The summed E-state index contributed by atoms with van der Waals surface area (Å²) in [7, 11) is 1.95. The molecule has 4 saturated carbocycles. The predicted molar refractivity (Wildman–Crippen MR) is 71.8 cm³/mol. The predicted octanol–water partition coefficient (Wildman–Crippen LogP) is 2.30. The van der Waals surface area contributed by atoms with Gasteiger partial charge in [0.15, 0.2) is 0 Å². The van der Waals surface area contributed by atoms with E-state index in [0.29, 0.717) is 0 Å². The van der Waals surface area contributed by atoms with E-state index in [4.69, 9.17) is 4.42 Å². The minimum atomic E-state index is 0.250. The highest BCUT2D eigenvalue weighted by atomic mass is 16.4. The van der Waals surface area contributed by atoms with Gasteiger partial charge in [0.2, 0.25) is 11.8 Å². The van der Waals surface area contributed by atoms with Crippen molar-refractivity contribution in [2.45, 2.75) is 50.4 Å². The van der Waals surface area contributed by atoms with E-state index in [0.717, 1.165) is 42.5 Å². The zero-order valence-electron chi connectivity index (χ0n) is 11.7. The Balaban J connectivity index is 1.59. The average Bonchev–Trinajstić information content (AvgIpc) is 2.84. The van der Waals surface area contributed by atoms with Crippen LogP contribution < -0.4 is 5.32 Å². The molecule has 19 heavy (non-hydrogen) atoms. The fourth-order valence-corrected chi connectivity index (χ4v) is 5.17.